The molecule has 2 unspecified atom stereocenters. The van der Waals surface area contributed by atoms with Crippen molar-refractivity contribution in [2.45, 2.75) is 12.2 Å². The van der Waals surface area contributed by atoms with Crippen LogP contribution in [0.3, 0.4) is 0 Å². The molecule has 0 saturated heterocycles. The molecule has 0 bridgehead atoms. The van der Waals surface area contributed by atoms with Crippen molar-refractivity contribution in [1.29, 1.82) is 0 Å². The van der Waals surface area contributed by atoms with Crippen LogP contribution in [-0.4, -0.2) is 40.1 Å². The van der Waals surface area contributed by atoms with Crippen LogP contribution in [0, 0.1) is 0 Å². The summed E-state index contributed by atoms with van der Waals surface area (Å²) >= 11 is 3.86. The monoisotopic (exact) mass is 258 g/mol. The second-order valence-electron chi connectivity index (χ2n) is 3.38. The molecular formula is C10H14N2O4S. The van der Waals surface area contributed by atoms with E-state index in [1.165, 1.54) is 19.4 Å². The Kier molecular flexibility index (Phi) is 4.73. The molecule has 0 spiro atoms. The Morgan fingerprint density at radius 2 is 2.29 bits per heavy atom. The van der Waals surface area contributed by atoms with Gasteiger partial charge in [0.25, 0.3) is 0 Å². The zero-order valence-corrected chi connectivity index (χ0v) is 10.1. The molecule has 17 heavy (non-hydrogen) atoms. The maximum atomic E-state index is 11.3. The van der Waals surface area contributed by atoms with Gasteiger partial charge in [0.2, 0.25) is 0 Å². The number of pyridine rings is 1. The quantitative estimate of drug-likeness (QED) is 0.439. The number of thiol groups is 1. The van der Waals surface area contributed by atoms with E-state index in [2.05, 4.69) is 22.3 Å². The third-order valence-corrected chi connectivity index (χ3v) is 2.61. The highest BCUT2D eigenvalue weighted by molar-refractivity contribution is 7.80. The van der Waals surface area contributed by atoms with Gasteiger partial charge in [0.15, 0.2) is 0 Å². The molecule has 1 aromatic rings. The molecule has 0 radical (unpaired) electrons. The smallest absolute Gasteiger partial charge is 0.339 e. The van der Waals surface area contributed by atoms with E-state index in [1.54, 1.807) is 0 Å². The Hall–Kier alpha value is -1.31. The van der Waals surface area contributed by atoms with Gasteiger partial charge in [-0.1, -0.05) is 0 Å². The number of anilines is 1. The van der Waals surface area contributed by atoms with Crippen LogP contribution < -0.4 is 5.73 Å². The van der Waals surface area contributed by atoms with E-state index in [9.17, 15) is 15.0 Å². The molecule has 1 heterocycles. The number of aliphatic hydroxyl groups excluding tert-OH is 2. The number of esters is 1. The fourth-order valence-electron chi connectivity index (χ4n) is 1.27. The molecule has 7 heteroatoms. The Balaban J connectivity index is 3.10. The van der Waals surface area contributed by atoms with Crippen molar-refractivity contribution in [2.24, 2.45) is 0 Å². The average molecular weight is 258 g/mol. The van der Waals surface area contributed by atoms with Crippen molar-refractivity contribution in [3.05, 3.63) is 23.4 Å². The minimum atomic E-state index is -1.25. The fraction of sp³-hybridized carbons (Fsp3) is 0.400. The topological polar surface area (TPSA) is 106 Å². The number of aromatic nitrogens is 1. The number of nitrogens with zero attached hydrogens (tertiary/aromatic N) is 1. The molecular weight excluding hydrogens is 244 g/mol. The first-order valence-corrected chi connectivity index (χ1v) is 5.45. The Bertz CT molecular complexity index is 413. The van der Waals surface area contributed by atoms with Crippen LogP contribution in [0.5, 0.6) is 0 Å². The first kappa shape index (κ1) is 13.8. The predicted molar refractivity (Wildman–Crippen MR) is 64.8 cm³/mol. The molecule has 1 aromatic heterocycles. The molecule has 0 saturated carbocycles. The van der Waals surface area contributed by atoms with Crippen LogP contribution in [0.1, 0.15) is 22.0 Å². The molecule has 0 aliphatic carbocycles. The number of methoxy groups -OCH3 is 1. The van der Waals surface area contributed by atoms with Crippen LogP contribution in [0.2, 0.25) is 0 Å². The molecule has 0 aromatic carbocycles. The van der Waals surface area contributed by atoms with Crippen LogP contribution >= 0.6 is 12.6 Å². The molecule has 0 aliphatic heterocycles. The Morgan fingerprint density at radius 3 is 2.82 bits per heavy atom. The van der Waals surface area contributed by atoms with Crippen molar-refractivity contribution in [3.63, 3.8) is 0 Å². The molecule has 2 atom stereocenters. The van der Waals surface area contributed by atoms with E-state index in [0.29, 0.717) is 0 Å². The van der Waals surface area contributed by atoms with Crippen LogP contribution in [-0.2, 0) is 4.74 Å². The lowest BCUT2D eigenvalue weighted by atomic mass is 10.0. The first-order chi connectivity index (χ1) is 8.01. The number of aliphatic hydroxyl groups is 2. The number of ether oxygens (including phenoxy) is 1. The summed E-state index contributed by atoms with van der Waals surface area (Å²) in [5, 5.41) is 19.2. The second kappa shape index (κ2) is 5.85. The van der Waals surface area contributed by atoms with Gasteiger partial charge < -0.3 is 20.7 Å². The van der Waals surface area contributed by atoms with Crippen molar-refractivity contribution in [2.75, 3.05) is 18.6 Å². The van der Waals surface area contributed by atoms with Gasteiger partial charge in [0.05, 0.1) is 18.8 Å². The minimum absolute atomic E-state index is 0.0472. The standard InChI is InChI=1S/C10H14N2O4S/c1-16-10(15)5-2-6(9(11)12-3-5)8(14)7(13)4-17/h2-3,7-8,13-14,17H,4H2,1H3,(H2,11,12). The number of rotatable bonds is 4. The number of nitrogen functional groups attached to an aromatic ring is 1. The maximum absolute atomic E-state index is 11.3. The van der Waals surface area contributed by atoms with E-state index in [0.717, 1.165) is 0 Å². The largest absolute Gasteiger partial charge is 0.465 e. The first-order valence-electron chi connectivity index (χ1n) is 4.82. The summed E-state index contributed by atoms with van der Waals surface area (Å²) in [7, 11) is 1.23. The highest BCUT2D eigenvalue weighted by Crippen LogP contribution is 2.23. The van der Waals surface area contributed by atoms with E-state index in [4.69, 9.17) is 5.73 Å². The molecule has 1 rings (SSSR count). The van der Waals surface area contributed by atoms with E-state index in [-0.39, 0.29) is 22.7 Å². The van der Waals surface area contributed by atoms with Crippen LogP contribution in [0.15, 0.2) is 12.3 Å². The third kappa shape index (κ3) is 3.09. The van der Waals surface area contributed by atoms with Gasteiger partial charge in [-0.2, -0.15) is 12.6 Å². The molecule has 94 valence electrons. The summed E-state index contributed by atoms with van der Waals surface area (Å²) < 4.78 is 4.52. The third-order valence-electron chi connectivity index (χ3n) is 2.24. The normalized spacial score (nSPS) is 14.1. The van der Waals surface area contributed by atoms with Gasteiger partial charge in [0.1, 0.15) is 11.9 Å². The lowest BCUT2D eigenvalue weighted by molar-refractivity contribution is 0.0338. The number of carbonyl (C=O) groups is 1. The minimum Gasteiger partial charge on any atom is -0.465 e. The molecule has 4 N–H and O–H groups in total. The van der Waals surface area contributed by atoms with Crippen molar-refractivity contribution in [1.82, 2.24) is 4.98 Å². The van der Waals surface area contributed by atoms with Crippen LogP contribution in [0.25, 0.3) is 0 Å². The van der Waals surface area contributed by atoms with Crippen molar-refractivity contribution < 1.29 is 19.7 Å². The highest BCUT2D eigenvalue weighted by Gasteiger charge is 2.21. The van der Waals surface area contributed by atoms with E-state index >= 15 is 0 Å². The van der Waals surface area contributed by atoms with Crippen LogP contribution in [0.4, 0.5) is 5.82 Å². The summed E-state index contributed by atoms with van der Waals surface area (Å²) in [5.41, 5.74) is 5.90. The van der Waals surface area contributed by atoms with Gasteiger partial charge in [-0.05, 0) is 6.07 Å². The second-order valence-corrected chi connectivity index (χ2v) is 3.75. The predicted octanol–water partition coefficient (Wildman–Crippen LogP) is -0.225. The lowest BCUT2D eigenvalue weighted by Gasteiger charge is -2.17. The van der Waals surface area contributed by atoms with Gasteiger partial charge in [-0.3, -0.25) is 0 Å². The number of hydrogen-bond donors (Lipinski definition) is 4. The molecule has 0 amide bonds. The highest BCUT2D eigenvalue weighted by atomic mass is 32.1. The van der Waals surface area contributed by atoms with Crippen molar-refractivity contribution in [3.8, 4) is 0 Å². The number of carbonyl (C=O) groups excluding carboxylic acids is 1. The van der Waals surface area contributed by atoms with Gasteiger partial charge in [-0.25, -0.2) is 9.78 Å². The fourth-order valence-corrected chi connectivity index (χ4v) is 1.47. The number of nitrogens with two attached hydrogens (primary N) is 1. The van der Waals surface area contributed by atoms with Gasteiger partial charge >= 0.3 is 5.97 Å². The molecule has 0 fully saturated rings. The zero-order chi connectivity index (χ0) is 13.0. The SMILES string of the molecule is COC(=O)c1cnc(N)c(C(O)C(O)CS)c1. The van der Waals surface area contributed by atoms with E-state index < -0.39 is 18.2 Å². The zero-order valence-electron chi connectivity index (χ0n) is 9.20. The molecule has 6 nitrogen and oxygen atoms in total. The van der Waals surface area contributed by atoms with Gasteiger partial charge in [-0.15, -0.1) is 0 Å². The Morgan fingerprint density at radius 1 is 1.65 bits per heavy atom. The summed E-state index contributed by atoms with van der Waals surface area (Å²) in [4.78, 5) is 15.0. The van der Waals surface area contributed by atoms with E-state index in [1.807, 2.05) is 0 Å². The number of hydrogen-bond acceptors (Lipinski definition) is 7. The van der Waals surface area contributed by atoms with Crippen molar-refractivity contribution >= 4 is 24.4 Å². The summed E-state index contributed by atoms with van der Waals surface area (Å²) in [5.74, 6) is -0.486. The summed E-state index contributed by atoms with van der Waals surface area (Å²) in [6.07, 6.45) is -1.09. The Labute approximate surface area is 104 Å². The maximum Gasteiger partial charge on any atom is 0.339 e. The molecule has 0 aliphatic rings. The lowest BCUT2D eigenvalue weighted by Crippen LogP contribution is -2.21. The summed E-state index contributed by atoms with van der Waals surface area (Å²) in [6, 6.07) is 1.34. The summed E-state index contributed by atoms with van der Waals surface area (Å²) in [6.45, 7) is 0. The van der Waals surface area contributed by atoms with Gasteiger partial charge in [0, 0.05) is 17.5 Å². The average Bonchev–Trinajstić information content (AvgIpc) is 2.36.